The summed E-state index contributed by atoms with van der Waals surface area (Å²) in [5.41, 5.74) is 4.12. The van der Waals surface area contributed by atoms with Crippen molar-refractivity contribution in [3.63, 3.8) is 0 Å². The summed E-state index contributed by atoms with van der Waals surface area (Å²) in [6.07, 6.45) is 1.74. The molecule has 138 valence electrons. The van der Waals surface area contributed by atoms with Crippen LogP contribution in [0.4, 0.5) is 5.69 Å². The normalized spacial score (nSPS) is 10.9. The molecule has 0 amide bonds. The second-order valence-corrected chi connectivity index (χ2v) is 6.32. The van der Waals surface area contributed by atoms with E-state index in [4.69, 9.17) is 4.74 Å². The molecule has 0 radical (unpaired) electrons. The highest BCUT2D eigenvalue weighted by Crippen LogP contribution is 2.23. The number of nitro groups is 1. The number of nitriles is 1. The van der Waals surface area contributed by atoms with Crippen molar-refractivity contribution in [2.75, 3.05) is 0 Å². The molecule has 0 bridgehead atoms. The lowest BCUT2D eigenvalue weighted by atomic mass is 10.0. The molecule has 0 aromatic heterocycles. The third-order valence-corrected chi connectivity index (χ3v) is 4.17. The Kier molecular flexibility index (Phi) is 5.83. The summed E-state index contributed by atoms with van der Waals surface area (Å²) < 4.78 is 5.86. The first-order valence-corrected chi connectivity index (χ1v) is 8.70. The Labute approximate surface area is 163 Å². The fourth-order valence-electron chi connectivity index (χ4n) is 2.77. The predicted octanol–water partition coefficient (Wildman–Crippen LogP) is 5.55. The Hall–Kier alpha value is -3.91. The van der Waals surface area contributed by atoms with Crippen molar-refractivity contribution in [1.29, 1.82) is 5.26 Å². The molecule has 0 aliphatic carbocycles. The molecule has 0 N–H and O–H groups in total. The van der Waals surface area contributed by atoms with Crippen molar-refractivity contribution in [2.24, 2.45) is 0 Å². The van der Waals surface area contributed by atoms with Crippen LogP contribution in [-0.2, 0) is 6.61 Å². The summed E-state index contributed by atoms with van der Waals surface area (Å²) >= 11 is 0. The first-order chi connectivity index (χ1) is 13.5. The SMILES string of the molecule is Cc1cccc(COc2cccc(/C=C(/C#N)c3ccc([N+](=O)[O-])cc3)c2)c1. The minimum Gasteiger partial charge on any atom is -0.489 e. The highest BCUT2D eigenvalue weighted by Gasteiger charge is 2.07. The van der Waals surface area contributed by atoms with Gasteiger partial charge in [0.25, 0.3) is 5.69 Å². The van der Waals surface area contributed by atoms with E-state index >= 15 is 0 Å². The Morgan fingerprint density at radius 2 is 1.86 bits per heavy atom. The molecule has 28 heavy (non-hydrogen) atoms. The zero-order valence-corrected chi connectivity index (χ0v) is 15.3. The van der Waals surface area contributed by atoms with Crippen molar-refractivity contribution in [3.05, 3.63) is 105 Å². The number of non-ortho nitro benzene ring substituents is 1. The zero-order chi connectivity index (χ0) is 19.9. The second kappa shape index (κ2) is 8.65. The van der Waals surface area contributed by atoms with Gasteiger partial charge in [-0.3, -0.25) is 10.1 Å². The third kappa shape index (κ3) is 4.83. The van der Waals surface area contributed by atoms with Gasteiger partial charge in [-0.05, 0) is 54.0 Å². The van der Waals surface area contributed by atoms with Crippen molar-refractivity contribution in [2.45, 2.75) is 13.5 Å². The van der Waals surface area contributed by atoms with Gasteiger partial charge in [-0.15, -0.1) is 0 Å². The second-order valence-electron chi connectivity index (χ2n) is 6.32. The molecule has 3 rings (SSSR count). The number of hydrogen-bond donors (Lipinski definition) is 0. The average molecular weight is 370 g/mol. The number of rotatable bonds is 6. The average Bonchev–Trinajstić information content (AvgIpc) is 2.71. The number of benzene rings is 3. The number of nitro benzene ring substituents is 1. The lowest BCUT2D eigenvalue weighted by molar-refractivity contribution is -0.384. The Morgan fingerprint density at radius 1 is 1.11 bits per heavy atom. The van der Waals surface area contributed by atoms with Crippen LogP contribution in [0.3, 0.4) is 0 Å². The van der Waals surface area contributed by atoms with E-state index in [1.165, 1.54) is 17.7 Å². The molecule has 0 aliphatic rings. The first kappa shape index (κ1) is 18.9. The molecule has 3 aromatic rings. The van der Waals surface area contributed by atoms with E-state index in [0.717, 1.165) is 11.1 Å². The van der Waals surface area contributed by atoms with Crippen LogP contribution in [0.5, 0.6) is 5.75 Å². The van der Waals surface area contributed by atoms with Crippen molar-refractivity contribution < 1.29 is 9.66 Å². The lowest BCUT2D eigenvalue weighted by Crippen LogP contribution is -1.95. The highest BCUT2D eigenvalue weighted by atomic mass is 16.6. The van der Waals surface area contributed by atoms with Crippen LogP contribution in [-0.4, -0.2) is 4.92 Å². The van der Waals surface area contributed by atoms with E-state index in [-0.39, 0.29) is 5.69 Å². The highest BCUT2D eigenvalue weighted by molar-refractivity contribution is 5.89. The van der Waals surface area contributed by atoms with Crippen molar-refractivity contribution in [1.82, 2.24) is 0 Å². The van der Waals surface area contributed by atoms with Gasteiger partial charge in [-0.2, -0.15) is 5.26 Å². The Morgan fingerprint density at radius 3 is 2.54 bits per heavy atom. The van der Waals surface area contributed by atoms with Crippen LogP contribution in [0, 0.1) is 28.4 Å². The smallest absolute Gasteiger partial charge is 0.269 e. The van der Waals surface area contributed by atoms with Crippen LogP contribution in [0.15, 0.2) is 72.8 Å². The molecule has 0 saturated carbocycles. The molecule has 0 heterocycles. The molecule has 5 heteroatoms. The fraction of sp³-hybridized carbons (Fsp3) is 0.0870. The van der Waals surface area contributed by atoms with E-state index in [0.29, 0.717) is 23.5 Å². The molecule has 0 fully saturated rings. The summed E-state index contributed by atoms with van der Waals surface area (Å²) in [6.45, 7) is 2.50. The van der Waals surface area contributed by atoms with Crippen LogP contribution in [0.1, 0.15) is 22.3 Å². The van der Waals surface area contributed by atoms with Gasteiger partial charge in [0, 0.05) is 12.1 Å². The van der Waals surface area contributed by atoms with E-state index in [2.05, 4.69) is 12.1 Å². The van der Waals surface area contributed by atoms with Crippen molar-refractivity contribution >= 4 is 17.3 Å². The molecule has 0 aliphatic heterocycles. The first-order valence-electron chi connectivity index (χ1n) is 8.70. The number of ether oxygens (including phenoxy) is 1. The van der Waals surface area contributed by atoms with Gasteiger partial charge in [0.2, 0.25) is 0 Å². The monoisotopic (exact) mass is 370 g/mol. The molecule has 0 spiro atoms. The summed E-state index contributed by atoms with van der Waals surface area (Å²) in [4.78, 5) is 10.3. The van der Waals surface area contributed by atoms with Gasteiger partial charge < -0.3 is 4.74 Å². The minimum atomic E-state index is -0.464. The standard InChI is InChI=1S/C23H18N2O3/c1-17-4-2-6-19(12-17)16-28-23-7-3-5-18(14-23)13-21(15-24)20-8-10-22(11-9-20)25(26)27/h2-14H,16H2,1H3/b21-13-. The van der Waals surface area contributed by atoms with Crippen LogP contribution in [0.2, 0.25) is 0 Å². The lowest BCUT2D eigenvalue weighted by Gasteiger charge is -2.08. The van der Waals surface area contributed by atoms with E-state index in [1.807, 2.05) is 49.4 Å². The van der Waals surface area contributed by atoms with Crippen LogP contribution in [0.25, 0.3) is 11.6 Å². The number of allylic oxidation sites excluding steroid dienone is 1. The number of hydrogen-bond acceptors (Lipinski definition) is 4. The van der Waals surface area contributed by atoms with E-state index in [9.17, 15) is 15.4 Å². The molecule has 0 saturated heterocycles. The van der Waals surface area contributed by atoms with Gasteiger partial charge in [-0.1, -0.05) is 42.0 Å². The zero-order valence-electron chi connectivity index (χ0n) is 15.3. The topological polar surface area (TPSA) is 76.2 Å². The molecule has 5 nitrogen and oxygen atoms in total. The van der Waals surface area contributed by atoms with Crippen LogP contribution >= 0.6 is 0 Å². The van der Waals surface area contributed by atoms with Gasteiger partial charge in [-0.25, -0.2) is 0 Å². The third-order valence-electron chi connectivity index (χ3n) is 4.17. The van der Waals surface area contributed by atoms with E-state index in [1.54, 1.807) is 18.2 Å². The van der Waals surface area contributed by atoms with Gasteiger partial charge in [0.15, 0.2) is 0 Å². The Bertz CT molecular complexity index is 1060. The summed E-state index contributed by atoms with van der Waals surface area (Å²) in [5.74, 6) is 0.705. The molecule has 0 unspecified atom stereocenters. The minimum absolute atomic E-state index is 0.00686. The maximum atomic E-state index is 10.8. The fourth-order valence-corrected chi connectivity index (χ4v) is 2.77. The van der Waals surface area contributed by atoms with E-state index < -0.39 is 4.92 Å². The summed E-state index contributed by atoms with van der Waals surface area (Å²) in [7, 11) is 0. The quantitative estimate of drug-likeness (QED) is 0.247. The maximum absolute atomic E-state index is 10.8. The van der Waals surface area contributed by atoms with Crippen LogP contribution < -0.4 is 4.74 Å². The molecular weight excluding hydrogens is 352 g/mol. The van der Waals surface area contributed by atoms with Crippen molar-refractivity contribution in [3.8, 4) is 11.8 Å². The van der Waals surface area contributed by atoms with Gasteiger partial charge in [0.1, 0.15) is 12.4 Å². The van der Waals surface area contributed by atoms with Gasteiger partial charge in [0.05, 0.1) is 16.6 Å². The van der Waals surface area contributed by atoms with Gasteiger partial charge >= 0.3 is 0 Å². The summed E-state index contributed by atoms with van der Waals surface area (Å²) in [5, 5.41) is 20.3. The molecular formula is C23H18N2O3. The maximum Gasteiger partial charge on any atom is 0.269 e. The summed E-state index contributed by atoms with van der Waals surface area (Å²) in [6, 6.07) is 23.7. The number of aryl methyl sites for hydroxylation is 1. The molecule has 3 aromatic carbocycles. The largest absolute Gasteiger partial charge is 0.489 e. The number of nitrogens with zero attached hydrogens (tertiary/aromatic N) is 2. The Balaban J connectivity index is 1.78. The predicted molar refractivity (Wildman–Crippen MR) is 109 cm³/mol. The molecule has 0 atom stereocenters.